The van der Waals surface area contributed by atoms with Crippen molar-refractivity contribution in [1.29, 1.82) is 0 Å². The Morgan fingerprint density at radius 2 is 1.94 bits per heavy atom. The van der Waals surface area contributed by atoms with Crippen molar-refractivity contribution < 1.29 is 14.3 Å². The Bertz CT molecular complexity index is 348. The van der Waals surface area contributed by atoms with Gasteiger partial charge in [0.1, 0.15) is 5.75 Å². The zero-order chi connectivity index (χ0) is 12.7. The number of benzene rings is 1. The molecule has 0 saturated heterocycles. The van der Waals surface area contributed by atoms with Gasteiger partial charge in [-0.1, -0.05) is 6.92 Å². The van der Waals surface area contributed by atoms with Gasteiger partial charge in [-0.2, -0.15) is 0 Å². The largest absolute Gasteiger partial charge is 0.497 e. The molecule has 4 heteroatoms. The summed E-state index contributed by atoms with van der Waals surface area (Å²) in [5, 5.41) is 3.29. The third-order valence-electron chi connectivity index (χ3n) is 2.59. The van der Waals surface area contributed by atoms with Crippen molar-refractivity contribution in [3.05, 3.63) is 24.3 Å². The van der Waals surface area contributed by atoms with Crippen LogP contribution in [0.3, 0.4) is 0 Å². The Morgan fingerprint density at radius 3 is 2.41 bits per heavy atom. The number of nitrogens with one attached hydrogen (secondary N) is 1. The first-order valence-electron chi connectivity index (χ1n) is 5.67. The Labute approximate surface area is 102 Å². The lowest BCUT2D eigenvalue weighted by Crippen LogP contribution is -2.22. The molecular weight excluding hydrogens is 218 g/mol. The minimum absolute atomic E-state index is 0.0934. The van der Waals surface area contributed by atoms with E-state index in [1.807, 2.05) is 31.2 Å². The molecule has 0 radical (unpaired) electrons. The van der Waals surface area contributed by atoms with E-state index in [1.165, 1.54) is 7.11 Å². The number of esters is 1. The molecule has 0 aliphatic heterocycles. The summed E-state index contributed by atoms with van der Waals surface area (Å²) < 4.78 is 9.74. The van der Waals surface area contributed by atoms with E-state index < -0.39 is 0 Å². The number of anilines is 1. The Kier molecular flexibility index (Phi) is 5.33. The zero-order valence-corrected chi connectivity index (χ0v) is 10.5. The Balaban J connectivity index is 2.57. The second-order valence-corrected chi connectivity index (χ2v) is 3.76. The van der Waals surface area contributed by atoms with Gasteiger partial charge in [-0.05, 0) is 30.7 Å². The van der Waals surface area contributed by atoms with E-state index >= 15 is 0 Å². The topological polar surface area (TPSA) is 47.6 Å². The molecule has 1 rings (SSSR count). The first kappa shape index (κ1) is 13.4. The van der Waals surface area contributed by atoms with Gasteiger partial charge in [0.2, 0.25) is 0 Å². The van der Waals surface area contributed by atoms with Crippen LogP contribution in [0.2, 0.25) is 0 Å². The summed E-state index contributed by atoms with van der Waals surface area (Å²) in [5.74, 6) is 0.620. The van der Waals surface area contributed by atoms with Gasteiger partial charge in [0.15, 0.2) is 0 Å². The number of carbonyl (C=O) groups is 1. The molecule has 17 heavy (non-hydrogen) atoms. The highest BCUT2D eigenvalue weighted by atomic mass is 16.5. The van der Waals surface area contributed by atoms with Crippen LogP contribution in [0.15, 0.2) is 24.3 Å². The van der Waals surface area contributed by atoms with Gasteiger partial charge in [0.25, 0.3) is 0 Å². The summed E-state index contributed by atoms with van der Waals surface area (Å²) in [7, 11) is 3.04. The van der Waals surface area contributed by atoms with E-state index in [0.29, 0.717) is 6.42 Å². The standard InChI is InChI=1S/C13H19NO3/c1-4-10(9-13(15)17-3)14-11-5-7-12(16-2)8-6-11/h5-8,10,14H,4,9H2,1-3H3/t10-/m1/s1. The van der Waals surface area contributed by atoms with Crippen LogP contribution in [0.4, 0.5) is 5.69 Å². The van der Waals surface area contributed by atoms with Crippen LogP contribution < -0.4 is 10.1 Å². The number of hydrogen-bond acceptors (Lipinski definition) is 4. The second kappa shape index (κ2) is 6.78. The van der Waals surface area contributed by atoms with Gasteiger partial charge in [0.05, 0.1) is 20.6 Å². The summed E-state index contributed by atoms with van der Waals surface area (Å²) in [4.78, 5) is 11.2. The number of carbonyl (C=O) groups excluding carboxylic acids is 1. The number of ether oxygens (including phenoxy) is 2. The highest BCUT2D eigenvalue weighted by Gasteiger charge is 2.11. The van der Waals surface area contributed by atoms with E-state index in [0.717, 1.165) is 17.9 Å². The van der Waals surface area contributed by atoms with E-state index in [-0.39, 0.29) is 12.0 Å². The lowest BCUT2D eigenvalue weighted by Gasteiger charge is -2.17. The van der Waals surface area contributed by atoms with Crippen molar-refractivity contribution in [3.63, 3.8) is 0 Å². The van der Waals surface area contributed by atoms with Gasteiger partial charge in [0, 0.05) is 11.7 Å². The van der Waals surface area contributed by atoms with Crippen molar-refractivity contribution in [2.75, 3.05) is 19.5 Å². The smallest absolute Gasteiger partial charge is 0.307 e. The summed E-state index contributed by atoms with van der Waals surface area (Å²) in [6.45, 7) is 2.03. The van der Waals surface area contributed by atoms with Crippen molar-refractivity contribution >= 4 is 11.7 Å². The van der Waals surface area contributed by atoms with Crippen LogP contribution in [0, 0.1) is 0 Å². The summed E-state index contributed by atoms with van der Waals surface area (Å²) in [6, 6.07) is 7.72. The van der Waals surface area contributed by atoms with Crippen LogP contribution in [-0.2, 0) is 9.53 Å². The monoisotopic (exact) mass is 237 g/mol. The fourth-order valence-corrected chi connectivity index (χ4v) is 1.50. The molecule has 0 aliphatic rings. The summed E-state index contributed by atoms with van der Waals surface area (Å²) >= 11 is 0. The minimum atomic E-state index is -0.196. The number of hydrogen-bond donors (Lipinski definition) is 1. The molecule has 0 amide bonds. The predicted molar refractivity (Wildman–Crippen MR) is 67.3 cm³/mol. The third-order valence-corrected chi connectivity index (χ3v) is 2.59. The molecule has 0 aliphatic carbocycles. The lowest BCUT2D eigenvalue weighted by molar-refractivity contribution is -0.140. The van der Waals surface area contributed by atoms with E-state index in [1.54, 1.807) is 7.11 Å². The highest BCUT2D eigenvalue weighted by Crippen LogP contribution is 2.17. The van der Waals surface area contributed by atoms with Crippen molar-refractivity contribution in [1.82, 2.24) is 0 Å². The van der Waals surface area contributed by atoms with E-state index in [4.69, 9.17) is 4.74 Å². The molecule has 4 nitrogen and oxygen atoms in total. The van der Waals surface area contributed by atoms with Crippen LogP contribution in [0.1, 0.15) is 19.8 Å². The van der Waals surface area contributed by atoms with Crippen LogP contribution >= 0.6 is 0 Å². The van der Waals surface area contributed by atoms with Crippen molar-refractivity contribution in [2.24, 2.45) is 0 Å². The molecular formula is C13H19NO3. The minimum Gasteiger partial charge on any atom is -0.497 e. The third kappa shape index (κ3) is 4.34. The van der Waals surface area contributed by atoms with Crippen molar-refractivity contribution in [2.45, 2.75) is 25.8 Å². The first-order chi connectivity index (χ1) is 8.19. The molecule has 0 unspecified atom stereocenters. The predicted octanol–water partition coefficient (Wildman–Crippen LogP) is 2.45. The average Bonchev–Trinajstić information content (AvgIpc) is 2.38. The summed E-state index contributed by atoms with van der Waals surface area (Å²) in [6.07, 6.45) is 1.24. The molecule has 1 aromatic carbocycles. The molecule has 0 aromatic heterocycles. The zero-order valence-electron chi connectivity index (χ0n) is 10.5. The molecule has 0 heterocycles. The van der Waals surface area contributed by atoms with Crippen LogP contribution in [0.5, 0.6) is 5.75 Å². The SMILES string of the molecule is CC[C@H](CC(=O)OC)Nc1ccc(OC)cc1. The van der Waals surface area contributed by atoms with Crippen molar-refractivity contribution in [3.8, 4) is 5.75 Å². The maximum Gasteiger partial charge on any atom is 0.307 e. The van der Waals surface area contributed by atoms with E-state index in [9.17, 15) is 4.79 Å². The average molecular weight is 237 g/mol. The maximum absolute atomic E-state index is 11.2. The fraction of sp³-hybridized carbons (Fsp3) is 0.462. The molecule has 0 saturated carbocycles. The molecule has 94 valence electrons. The fourth-order valence-electron chi connectivity index (χ4n) is 1.50. The van der Waals surface area contributed by atoms with Crippen LogP contribution in [-0.4, -0.2) is 26.2 Å². The molecule has 1 atom stereocenters. The lowest BCUT2D eigenvalue weighted by atomic mass is 10.1. The second-order valence-electron chi connectivity index (χ2n) is 3.76. The van der Waals surface area contributed by atoms with Crippen LogP contribution in [0.25, 0.3) is 0 Å². The van der Waals surface area contributed by atoms with Gasteiger partial charge in [-0.15, -0.1) is 0 Å². The Morgan fingerprint density at radius 1 is 1.29 bits per heavy atom. The maximum atomic E-state index is 11.2. The van der Waals surface area contributed by atoms with Gasteiger partial charge in [-0.3, -0.25) is 4.79 Å². The molecule has 1 N–H and O–H groups in total. The normalized spacial score (nSPS) is 11.7. The first-order valence-corrected chi connectivity index (χ1v) is 5.67. The van der Waals surface area contributed by atoms with Gasteiger partial charge in [-0.25, -0.2) is 0 Å². The van der Waals surface area contributed by atoms with E-state index in [2.05, 4.69) is 10.1 Å². The molecule has 1 aromatic rings. The summed E-state index contributed by atoms with van der Waals surface area (Å²) in [5.41, 5.74) is 0.974. The molecule has 0 bridgehead atoms. The quantitative estimate of drug-likeness (QED) is 0.772. The molecule has 0 fully saturated rings. The number of rotatable bonds is 6. The van der Waals surface area contributed by atoms with Gasteiger partial charge >= 0.3 is 5.97 Å². The number of methoxy groups -OCH3 is 2. The Hall–Kier alpha value is -1.71. The molecule has 0 spiro atoms. The highest BCUT2D eigenvalue weighted by molar-refractivity contribution is 5.70. The van der Waals surface area contributed by atoms with Gasteiger partial charge < -0.3 is 14.8 Å².